The van der Waals surface area contributed by atoms with Gasteiger partial charge in [-0.2, -0.15) is 0 Å². The minimum absolute atomic E-state index is 0.467. The minimum atomic E-state index is -3.55. The zero-order chi connectivity index (χ0) is 23.5. The molecule has 0 rings (SSSR count). The van der Waals surface area contributed by atoms with Gasteiger partial charge in [0.2, 0.25) is 0 Å². The molecule has 0 fully saturated rings. The van der Waals surface area contributed by atoms with E-state index in [0.29, 0.717) is 13.2 Å². The first-order valence-corrected chi connectivity index (χ1v) is 18.0. The van der Waals surface area contributed by atoms with Gasteiger partial charge in [0.25, 0.3) is 0 Å². The summed E-state index contributed by atoms with van der Waals surface area (Å²) in [4.78, 5) is 0. The molecule has 6 heteroatoms. The molecule has 0 N–H and O–H groups in total. The third-order valence-electron chi connectivity index (χ3n) is 6.45. The van der Waals surface area contributed by atoms with E-state index in [2.05, 4.69) is 41.3 Å². The summed E-state index contributed by atoms with van der Waals surface area (Å²) in [5.74, 6) is 0. The Balaban J connectivity index is 4.95. The average Bonchev–Trinajstić information content (AvgIpc) is 2.73. The summed E-state index contributed by atoms with van der Waals surface area (Å²) in [6, 6.07) is 0. The molecule has 0 aliphatic rings. The Morgan fingerprint density at radius 2 is 0.968 bits per heavy atom. The third-order valence-corrected chi connectivity index (χ3v) is 15.5. The molecule has 0 aromatic carbocycles. The van der Waals surface area contributed by atoms with Crippen molar-refractivity contribution >= 4 is 14.7 Å². The standard InChI is InChI=1S/C25H56O4P2/c1-7-12-14-16-18-20-22-27-30(26,28-23-21-19-17-15-13-8-2)29-31(6,11-5,24-9-3)25-10-4/h7-25H2,1-6H3. The topological polar surface area (TPSA) is 44.8 Å². The van der Waals surface area contributed by atoms with Crippen LogP contribution in [0, 0.1) is 0 Å². The molecule has 0 aliphatic heterocycles. The SMILES string of the molecule is CCCCCCCCOP(=O)(OCCCCCCCC)OP(C)(CC)(CCC)CCC. The normalized spacial score (nSPS) is 13.9. The summed E-state index contributed by atoms with van der Waals surface area (Å²) < 4.78 is 32.2. The summed E-state index contributed by atoms with van der Waals surface area (Å²) >= 11 is 0. The van der Waals surface area contributed by atoms with Gasteiger partial charge in [0.15, 0.2) is 0 Å². The summed E-state index contributed by atoms with van der Waals surface area (Å²) in [7, 11) is -3.55. The number of rotatable bonds is 23. The van der Waals surface area contributed by atoms with Gasteiger partial charge in [-0.15, -0.1) is 0 Å². The molecule has 0 saturated carbocycles. The predicted molar refractivity (Wildman–Crippen MR) is 141 cm³/mol. The van der Waals surface area contributed by atoms with Crippen LogP contribution >= 0.6 is 14.7 Å². The molecule has 0 aliphatic carbocycles. The molecule has 190 valence electrons. The van der Waals surface area contributed by atoms with E-state index in [1.165, 1.54) is 51.4 Å². The Morgan fingerprint density at radius 3 is 1.32 bits per heavy atom. The Morgan fingerprint density at radius 1 is 0.581 bits per heavy atom. The average molecular weight is 483 g/mol. The van der Waals surface area contributed by atoms with Crippen LogP contribution in [0.15, 0.2) is 0 Å². The van der Waals surface area contributed by atoms with Crippen LogP contribution in [-0.2, 0) is 17.9 Å². The van der Waals surface area contributed by atoms with E-state index in [4.69, 9.17) is 13.4 Å². The Kier molecular flexibility index (Phi) is 18.3. The second-order valence-corrected chi connectivity index (χ2v) is 17.7. The fourth-order valence-electron chi connectivity index (χ4n) is 4.34. The second-order valence-electron chi connectivity index (χ2n) is 9.68. The first-order valence-electron chi connectivity index (χ1n) is 13.4. The number of hydrogen-bond donors (Lipinski definition) is 0. The van der Waals surface area contributed by atoms with Crippen molar-refractivity contribution in [3.8, 4) is 0 Å². The van der Waals surface area contributed by atoms with Gasteiger partial charge in [-0.3, -0.25) is 0 Å². The first kappa shape index (κ1) is 31.5. The zero-order valence-corrected chi connectivity index (χ0v) is 23.8. The van der Waals surface area contributed by atoms with E-state index < -0.39 is 14.7 Å². The fraction of sp³-hybridized carbons (Fsp3) is 1.00. The van der Waals surface area contributed by atoms with Gasteiger partial charge in [-0.1, -0.05) is 0 Å². The van der Waals surface area contributed by atoms with Crippen LogP contribution in [0.5, 0.6) is 0 Å². The molecule has 0 aromatic rings. The van der Waals surface area contributed by atoms with Crippen LogP contribution in [0.2, 0.25) is 0 Å². The second kappa shape index (κ2) is 17.9. The quantitative estimate of drug-likeness (QED) is 0.107. The summed E-state index contributed by atoms with van der Waals surface area (Å²) in [5, 5.41) is 0. The van der Waals surface area contributed by atoms with Gasteiger partial charge >= 0.3 is 195 Å². The zero-order valence-electron chi connectivity index (χ0n) is 22.0. The van der Waals surface area contributed by atoms with Gasteiger partial charge in [0, 0.05) is 0 Å². The summed E-state index contributed by atoms with van der Waals surface area (Å²) in [5.41, 5.74) is 0. The fourth-order valence-corrected chi connectivity index (χ4v) is 12.5. The molecule has 0 spiro atoms. The summed E-state index contributed by atoms with van der Waals surface area (Å²) in [6.07, 6.45) is 19.1. The van der Waals surface area contributed by atoms with Crippen molar-refractivity contribution in [1.29, 1.82) is 0 Å². The number of unbranched alkanes of at least 4 members (excludes halogenated alkanes) is 10. The van der Waals surface area contributed by atoms with Crippen molar-refractivity contribution in [3.63, 3.8) is 0 Å². The maximum atomic E-state index is 13.8. The molecule has 31 heavy (non-hydrogen) atoms. The van der Waals surface area contributed by atoms with E-state index in [1.807, 2.05) is 0 Å². The third kappa shape index (κ3) is 14.4. The Bertz CT molecular complexity index is 442. The molecule has 0 unspecified atom stereocenters. The monoisotopic (exact) mass is 482 g/mol. The molecule has 0 radical (unpaired) electrons. The van der Waals surface area contributed by atoms with E-state index in [1.54, 1.807) is 0 Å². The number of phosphoric acid groups is 1. The van der Waals surface area contributed by atoms with E-state index >= 15 is 0 Å². The number of hydrogen-bond acceptors (Lipinski definition) is 4. The molecule has 0 bridgehead atoms. The van der Waals surface area contributed by atoms with Gasteiger partial charge in [-0.25, -0.2) is 0 Å². The maximum absolute atomic E-state index is 13.8. The van der Waals surface area contributed by atoms with Crippen LogP contribution in [0.3, 0.4) is 0 Å². The van der Waals surface area contributed by atoms with Gasteiger partial charge in [0.1, 0.15) is 0 Å². The van der Waals surface area contributed by atoms with Crippen molar-refractivity contribution in [2.45, 2.75) is 125 Å². The first-order chi connectivity index (χ1) is 14.8. The van der Waals surface area contributed by atoms with Gasteiger partial charge in [-0.05, 0) is 0 Å². The molecule has 0 heterocycles. The molecule has 0 amide bonds. The molecular weight excluding hydrogens is 426 g/mol. The van der Waals surface area contributed by atoms with Crippen molar-refractivity contribution < 1.29 is 17.9 Å². The molecule has 0 atom stereocenters. The van der Waals surface area contributed by atoms with Crippen molar-refractivity contribution in [1.82, 2.24) is 0 Å². The van der Waals surface area contributed by atoms with Crippen LogP contribution in [0.4, 0.5) is 0 Å². The molecule has 0 saturated heterocycles. The molecule has 0 aromatic heterocycles. The van der Waals surface area contributed by atoms with Crippen LogP contribution in [0.25, 0.3) is 0 Å². The Labute approximate surface area is 195 Å². The molecular formula is C25H56O4P2. The van der Waals surface area contributed by atoms with Crippen molar-refractivity contribution in [3.05, 3.63) is 0 Å². The number of phosphoric ester groups is 1. The van der Waals surface area contributed by atoms with Crippen molar-refractivity contribution in [2.24, 2.45) is 0 Å². The van der Waals surface area contributed by atoms with Crippen molar-refractivity contribution in [2.75, 3.05) is 38.4 Å². The van der Waals surface area contributed by atoms with Gasteiger partial charge in [0.05, 0.1) is 0 Å². The Hall–Kier alpha value is 0.540. The summed E-state index contributed by atoms with van der Waals surface area (Å²) in [6.45, 7) is 11.6. The van der Waals surface area contributed by atoms with E-state index in [-0.39, 0.29) is 0 Å². The van der Waals surface area contributed by atoms with Crippen LogP contribution < -0.4 is 0 Å². The molecule has 4 nitrogen and oxygen atoms in total. The van der Waals surface area contributed by atoms with E-state index in [0.717, 1.165) is 57.0 Å². The van der Waals surface area contributed by atoms with E-state index in [9.17, 15) is 4.57 Å². The van der Waals surface area contributed by atoms with Crippen LogP contribution in [-0.4, -0.2) is 38.4 Å². The van der Waals surface area contributed by atoms with Gasteiger partial charge < -0.3 is 0 Å². The predicted octanol–water partition coefficient (Wildman–Crippen LogP) is 9.80. The van der Waals surface area contributed by atoms with Crippen LogP contribution in [0.1, 0.15) is 125 Å².